The van der Waals surface area contributed by atoms with Gasteiger partial charge in [-0.05, 0) is 18.6 Å². The Balaban J connectivity index is 1.72. The summed E-state index contributed by atoms with van der Waals surface area (Å²) in [5.74, 6) is 0.126. The number of fused-ring (bicyclic) bond motifs is 1. The standard InChI is InChI=1S/C14H17N3O3S/c1-2-11(13(18)17-6-8-19-9-7-17)21-14-16-12-10(20-14)4-3-5-15-12/h3-5,11H,2,6-9H2,1H3. The second kappa shape index (κ2) is 6.44. The molecule has 0 spiro atoms. The second-order valence-electron chi connectivity index (χ2n) is 4.76. The third kappa shape index (κ3) is 3.19. The molecule has 0 radical (unpaired) electrons. The molecule has 6 nitrogen and oxygen atoms in total. The minimum absolute atomic E-state index is 0.126. The highest BCUT2D eigenvalue weighted by atomic mass is 32.2. The van der Waals surface area contributed by atoms with Gasteiger partial charge in [-0.2, -0.15) is 4.98 Å². The monoisotopic (exact) mass is 307 g/mol. The Morgan fingerprint density at radius 3 is 3.00 bits per heavy atom. The Bertz CT molecular complexity index is 592. The molecule has 1 amide bonds. The molecule has 3 heterocycles. The third-order valence-corrected chi connectivity index (χ3v) is 4.55. The van der Waals surface area contributed by atoms with Gasteiger partial charge in [0.2, 0.25) is 5.91 Å². The highest BCUT2D eigenvalue weighted by Crippen LogP contribution is 2.28. The number of hydrogen-bond acceptors (Lipinski definition) is 6. The molecule has 112 valence electrons. The number of aromatic nitrogens is 2. The van der Waals surface area contributed by atoms with Crippen molar-refractivity contribution in [2.24, 2.45) is 0 Å². The van der Waals surface area contributed by atoms with Crippen molar-refractivity contribution < 1.29 is 13.9 Å². The van der Waals surface area contributed by atoms with E-state index in [9.17, 15) is 4.79 Å². The Morgan fingerprint density at radius 2 is 2.29 bits per heavy atom. The zero-order valence-corrected chi connectivity index (χ0v) is 12.6. The number of hydrogen-bond donors (Lipinski definition) is 0. The summed E-state index contributed by atoms with van der Waals surface area (Å²) in [5, 5.41) is 0.313. The van der Waals surface area contributed by atoms with Gasteiger partial charge in [0.25, 0.3) is 5.22 Å². The zero-order valence-electron chi connectivity index (χ0n) is 11.8. The van der Waals surface area contributed by atoms with E-state index < -0.39 is 0 Å². The van der Waals surface area contributed by atoms with Crippen molar-refractivity contribution >= 4 is 28.9 Å². The first-order valence-corrected chi connectivity index (χ1v) is 7.90. The molecule has 0 saturated carbocycles. The second-order valence-corrected chi connectivity index (χ2v) is 5.91. The van der Waals surface area contributed by atoms with Crippen molar-refractivity contribution in [3.63, 3.8) is 0 Å². The molecule has 2 aromatic heterocycles. The van der Waals surface area contributed by atoms with Crippen molar-refractivity contribution in [2.45, 2.75) is 23.8 Å². The van der Waals surface area contributed by atoms with E-state index in [1.165, 1.54) is 11.8 Å². The van der Waals surface area contributed by atoms with Crippen molar-refractivity contribution in [2.75, 3.05) is 26.3 Å². The number of morpholine rings is 1. The van der Waals surface area contributed by atoms with Crippen LogP contribution < -0.4 is 0 Å². The lowest BCUT2D eigenvalue weighted by Crippen LogP contribution is -2.44. The topological polar surface area (TPSA) is 68.5 Å². The molecule has 0 aromatic carbocycles. The Kier molecular flexibility index (Phi) is 4.40. The third-order valence-electron chi connectivity index (χ3n) is 3.36. The van der Waals surface area contributed by atoms with E-state index in [0.717, 1.165) is 6.42 Å². The van der Waals surface area contributed by atoms with Crippen LogP contribution in [0.25, 0.3) is 11.2 Å². The number of oxazole rings is 1. The number of rotatable bonds is 4. The van der Waals surface area contributed by atoms with Crippen molar-refractivity contribution in [3.8, 4) is 0 Å². The molecule has 1 unspecified atom stereocenters. The van der Waals surface area contributed by atoms with Gasteiger partial charge >= 0.3 is 0 Å². The van der Waals surface area contributed by atoms with E-state index in [2.05, 4.69) is 9.97 Å². The largest absolute Gasteiger partial charge is 0.430 e. The maximum Gasteiger partial charge on any atom is 0.259 e. The molecule has 21 heavy (non-hydrogen) atoms. The quantitative estimate of drug-likeness (QED) is 0.804. The Labute approximate surface area is 126 Å². The fraction of sp³-hybridized carbons (Fsp3) is 0.500. The van der Waals surface area contributed by atoms with E-state index in [-0.39, 0.29) is 11.2 Å². The smallest absolute Gasteiger partial charge is 0.259 e. The first-order valence-electron chi connectivity index (χ1n) is 7.02. The van der Waals surface area contributed by atoms with Gasteiger partial charge in [0.05, 0.1) is 18.5 Å². The van der Waals surface area contributed by atoms with E-state index >= 15 is 0 Å². The van der Waals surface area contributed by atoms with Gasteiger partial charge in [0.15, 0.2) is 11.2 Å². The molecule has 0 aliphatic carbocycles. The first-order chi connectivity index (χ1) is 10.3. The SMILES string of the molecule is CCC(Sc1nc2ncccc2o1)C(=O)N1CCOCC1. The molecule has 3 rings (SSSR count). The van der Waals surface area contributed by atoms with E-state index in [1.807, 2.05) is 17.9 Å². The molecule has 1 aliphatic rings. The van der Waals surface area contributed by atoms with Gasteiger partial charge in [-0.3, -0.25) is 4.79 Å². The van der Waals surface area contributed by atoms with Gasteiger partial charge < -0.3 is 14.1 Å². The van der Waals surface area contributed by atoms with E-state index in [1.54, 1.807) is 12.3 Å². The maximum atomic E-state index is 12.5. The molecule has 1 atom stereocenters. The van der Waals surface area contributed by atoms with Crippen LogP contribution in [-0.4, -0.2) is 52.3 Å². The van der Waals surface area contributed by atoms with Crippen LogP contribution in [0.3, 0.4) is 0 Å². The Hall–Kier alpha value is -1.60. The fourth-order valence-corrected chi connectivity index (χ4v) is 3.15. The van der Waals surface area contributed by atoms with Gasteiger partial charge in [0, 0.05) is 19.3 Å². The maximum absolute atomic E-state index is 12.5. The number of carbonyl (C=O) groups is 1. The average Bonchev–Trinajstić information content (AvgIpc) is 2.95. The summed E-state index contributed by atoms with van der Waals surface area (Å²) in [7, 11) is 0. The number of nitrogens with zero attached hydrogens (tertiary/aromatic N) is 3. The molecule has 0 bridgehead atoms. The van der Waals surface area contributed by atoms with Gasteiger partial charge in [-0.15, -0.1) is 0 Å². The number of amides is 1. The lowest BCUT2D eigenvalue weighted by molar-refractivity contribution is -0.134. The van der Waals surface area contributed by atoms with Crippen LogP contribution in [0.2, 0.25) is 0 Å². The number of ether oxygens (including phenoxy) is 1. The normalized spacial score (nSPS) is 17.1. The molecule has 1 aliphatic heterocycles. The zero-order chi connectivity index (χ0) is 14.7. The summed E-state index contributed by atoms with van der Waals surface area (Å²) in [6.45, 7) is 4.53. The lowest BCUT2D eigenvalue weighted by Gasteiger charge is -2.29. The first kappa shape index (κ1) is 14.3. The highest BCUT2D eigenvalue weighted by molar-refractivity contribution is 8.00. The fourth-order valence-electron chi connectivity index (χ4n) is 2.22. The minimum Gasteiger partial charge on any atom is -0.430 e. The van der Waals surface area contributed by atoms with Crippen LogP contribution in [0.1, 0.15) is 13.3 Å². The minimum atomic E-state index is -0.184. The molecule has 2 aromatic rings. The molecule has 1 fully saturated rings. The Morgan fingerprint density at radius 1 is 1.48 bits per heavy atom. The summed E-state index contributed by atoms with van der Waals surface area (Å²) < 4.78 is 10.9. The molecular formula is C14H17N3O3S. The van der Waals surface area contributed by atoms with Crippen LogP contribution >= 0.6 is 11.8 Å². The van der Waals surface area contributed by atoms with Crippen molar-refractivity contribution in [3.05, 3.63) is 18.3 Å². The van der Waals surface area contributed by atoms with E-state index in [0.29, 0.717) is 42.8 Å². The van der Waals surface area contributed by atoms with E-state index in [4.69, 9.17) is 9.15 Å². The lowest BCUT2D eigenvalue weighted by atomic mass is 10.2. The predicted molar refractivity (Wildman–Crippen MR) is 79.1 cm³/mol. The molecule has 0 N–H and O–H groups in total. The van der Waals surface area contributed by atoms with Gasteiger partial charge in [-0.1, -0.05) is 18.7 Å². The number of pyridine rings is 1. The van der Waals surface area contributed by atoms with Crippen LogP contribution in [0.4, 0.5) is 0 Å². The summed E-state index contributed by atoms with van der Waals surface area (Å²) in [4.78, 5) is 22.8. The molecular weight excluding hydrogens is 290 g/mol. The van der Waals surface area contributed by atoms with Crippen LogP contribution in [0.15, 0.2) is 28.0 Å². The average molecular weight is 307 g/mol. The predicted octanol–water partition coefficient (Wildman–Crippen LogP) is 1.95. The molecule has 1 saturated heterocycles. The van der Waals surface area contributed by atoms with Crippen LogP contribution in [0, 0.1) is 0 Å². The summed E-state index contributed by atoms with van der Waals surface area (Å²) in [5.41, 5.74) is 1.22. The van der Waals surface area contributed by atoms with Crippen molar-refractivity contribution in [1.82, 2.24) is 14.9 Å². The van der Waals surface area contributed by atoms with Crippen LogP contribution in [0.5, 0.6) is 0 Å². The molecule has 7 heteroatoms. The van der Waals surface area contributed by atoms with Crippen LogP contribution in [-0.2, 0) is 9.53 Å². The highest BCUT2D eigenvalue weighted by Gasteiger charge is 2.27. The van der Waals surface area contributed by atoms with Gasteiger partial charge in [0.1, 0.15) is 0 Å². The summed E-state index contributed by atoms with van der Waals surface area (Å²) in [6.07, 6.45) is 2.41. The number of carbonyl (C=O) groups excluding carboxylic acids is 1. The summed E-state index contributed by atoms with van der Waals surface area (Å²) in [6, 6.07) is 3.63. The summed E-state index contributed by atoms with van der Waals surface area (Å²) >= 11 is 1.37. The number of thioether (sulfide) groups is 1. The van der Waals surface area contributed by atoms with Gasteiger partial charge in [-0.25, -0.2) is 4.98 Å². The van der Waals surface area contributed by atoms with Crippen molar-refractivity contribution in [1.29, 1.82) is 0 Å².